The zero-order valence-electron chi connectivity index (χ0n) is 16.2. The second-order valence-electron chi connectivity index (χ2n) is 10.1. The smallest absolute Gasteiger partial charge is 0.238 e. The highest BCUT2D eigenvalue weighted by atomic mass is 16.2. The van der Waals surface area contributed by atoms with Crippen molar-refractivity contribution in [3.05, 3.63) is 0 Å². The van der Waals surface area contributed by atoms with Gasteiger partial charge in [0.2, 0.25) is 11.8 Å². The molecular weight excluding hydrogens is 324 g/mol. The Bertz CT molecular complexity index is 489. The number of amides is 2. The standard InChI is InChI=1S/C22H36N2O2/c25-20(8-4-7-16-5-2-1-3-6-16)23-24-21(26)15-22-12-17-9-18(13-22)11-19(10-17)14-22/h16-19H,1-15H2,(H,23,25)(H,24,26). The van der Waals surface area contributed by atoms with Crippen LogP contribution in [-0.2, 0) is 9.59 Å². The highest BCUT2D eigenvalue weighted by molar-refractivity contribution is 5.82. The van der Waals surface area contributed by atoms with E-state index >= 15 is 0 Å². The molecular formula is C22H36N2O2. The summed E-state index contributed by atoms with van der Waals surface area (Å²) in [6, 6.07) is 0. The van der Waals surface area contributed by atoms with E-state index < -0.39 is 0 Å². The number of rotatable bonds is 6. The van der Waals surface area contributed by atoms with Crippen molar-refractivity contribution in [3.8, 4) is 0 Å². The molecule has 0 spiro atoms. The fourth-order valence-corrected chi connectivity index (χ4v) is 7.12. The van der Waals surface area contributed by atoms with Gasteiger partial charge in [-0.3, -0.25) is 20.4 Å². The minimum Gasteiger partial charge on any atom is -0.273 e. The summed E-state index contributed by atoms with van der Waals surface area (Å²) in [6.45, 7) is 0. The van der Waals surface area contributed by atoms with Crippen molar-refractivity contribution in [2.45, 2.75) is 96.3 Å². The van der Waals surface area contributed by atoms with Crippen LogP contribution in [0.1, 0.15) is 96.3 Å². The van der Waals surface area contributed by atoms with Crippen LogP contribution in [0, 0.1) is 29.1 Å². The van der Waals surface area contributed by atoms with Crippen LogP contribution < -0.4 is 10.9 Å². The van der Waals surface area contributed by atoms with Crippen LogP contribution in [-0.4, -0.2) is 11.8 Å². The van der Waals surface area contributed by atoms with E-state index in [1.807, 2.05) is 0 Å². The number of carbonyl (C=O) groups is 2. The maximum Gasteiger partial charge on any atom is 0.238 e. The summed E-state index contributed by atoms with van der Waals surface area (Å²) < 4.78 is 0. The first-order chi connectivity index (χ1) is 12.6. The average Bonchev–Trinajstić information content (AvgIpc) is 2.59. The Morgan fingerprint density at radius 1 is 0.808 bits per heavy atom. The van der Waals surface area contributed by atoms with Crippen LogP contribution in [0.5, 0.6) is 0 Å². The molecule has 2 N–H and O–H groups in total. The molecule has 0 aromatic heterocycles. The maximum atomic E-state index is 12.4. The van der Waals surface area contributed by atoms with Crippen molar-refractivity contribution in [1.29, 1.82) is 0 Å². The lowest BCUT2D eigenvalue weighted by molar-refractivity contribution is -0.134. The molecule has 0 unspecified atom stereocenters. The lowest BCUT2D eigenvalue weighted by atomic mass is 9.49. The molecule has 4 heteroatoms. The van der Waals surface area contributed by atoms with Gasteiger partial charge in [0, 0.05) is 12.8 Å². The number of hydrogen-bond acceptors (Lipinski definition) is 2. The third-order valence-corrected chi connectivity index (χ3v) is 7.78. The van der Waals surface area contributed by atoms with Crippen LogP contribution in [0.15, 0.2) is 0 Å². The van der Waals surface area contributed by atoms with E-state index in [9.17, 15) is 9.59 Å². The Morgan fingerprint density at radius 2 is 1.38 bits per heavy atom. The van der Waals surface area contributed by atoms with Gasteiger partial charge in [-0.1, -0.05) is 32.1 Å². The summed E-state index contributed by atoms with van der Waals surface area (Å²) in [7, 11) is 0. The molecule has 5 saturated carbocycles. The van der Waals surface area contributed by atoms with Crippen LogP contribution >= 0.6 is 0 Å². The van der Waals surface area contributed by atoms with Crippen molar-refractivity contribution in [2.24, 2.45) is 29.1 Å². The van der Waals surface area contributed by atoms with E-state index in [1.54, 1.807) is 0 Å². The third kappa shape index (κ3) is 4.43. The number of hydrogen-bond donors (Lipinski definition) is 2. The van der Waals surface area contributed by atoms with Gasteiger partial charge in [0.25, 0.3) is 0 Å². The molecule has 2 amide bonds. The first-order valence-corrected chi connectivity index (χ1v) is 11.2. The normalized spacial score (nSPS) is 36.1. The van der Waals surface area contributed by atoms with E-state index in [1.165, 1.54) is 70.6 Å². The molecule has 0 aliphatic heterocycles. The molecule has 4 nitrogen and oxygen atoms in total. The summed E-state index contributed by atoms with van der Waals surface area (Å²) in [5.74, 6) is 3.41. The Labute approximate surface area is 158 Å². The van der Waals surface area contributed by atoms with Crippen molar-refractivity contribution in [1.82, 2.24) is 10.9 Å². The highest BCUT2D eigenvalue weighted by Crippen LogP contribution is 2.61. The Hall–Kier alpha value is -1.06. The number of carbonyl (C=O) groups excluding carboxylic acids is 2. The Balaban J connectivity index is 1.14. The molecule has 5 aliphatic rings. The minimum atomic E-state index is -0.0281. The lowest BCUT2D eigenvalue weighted by Crippen LogP contribution is -2.50. The van der Waals surface area contributed by atoms with Gasteiger partial charge in [0.15, 0.2) is 0 Å². The summed E-state index contributed by atoms with van der Waals surface area (Å²) in [5, 5.41) is 0. The highest BCUT2D eigenvalue weighted by Gasteiger charge is 2.51. The van der Waals surface area contributed by atoms with Crippen LogP contribution in [0.4, 0.5) is 0 Å². The molecule has 0 heterocycles. The fraction of sp³-hybridized carbons (Fsp3) is 0.909. The topological polar surface area (TPSA) is 58.2 Å². The van der Waals surface area contributed by atoms with Crippen LogP contribution in [0.2, 0.25) is 0 Å². The van der Waals surface area contributed by atoms with Gasteiger partial charge in [0.05, 0.1) is 0 Å². The van der Waals surface area contributed by atoms with E-state index in [2.05, 4.69) is 10.9 Å². The van der Waals surface area contributed by atoms with E-state index in [-0.39, 0.29) is 17.2 Å². The van der Waals surface area contributed by atoms with Crippen molar-refractivity contribution >= 4 is 11.8 Å². The Morgan fingerprint density at radius 3 is 2.00 bits per heavy atom. The molecule has 4 bridgehead atoms. The molecule has 0 saturated heterocycles. The zero-order chi connectivity index (χ0) is 18.0. The fourth-order valence-electron chi connectivity index (χ4n) is 7.12. The van der Waals surface area contributed by atoms with Gasteiger partial charge < -0.3 is 0 Å². The lowest BCUT2D eigenvalue weighted by Gasteiger charge is -2.56. The molecule has 5 aliphatic carbocycles. The molecule has 5 rings (SSSR count). The molecule has 146 valence electrons. The van der Waals surface area contributed by atoms with Gasteiger partial charge in [-0.15, -0.1) is 0 Å². The quantitative estimate of drug-likeness (QED) is 0.686. The molecule has 5 fully saturated rings. The maximum absolute atomic E-state index is 12.4. The van der Waals surface area contributed by atoms with Gasteiger partial charge >= 0.3 is 0 Å². The van der Waals surface area contributed by atoms with Crippen molar-refractivity contribution in [3.63, 3.8) is 0 Å². The second-order valence-corrected chi connectivity index (χ2v) is 10.1. The minimum absolute atomic E-state index is 0.0209. The third-order valence-electron chi connectivity index (χ3n) is 7.78. The largest absolute Gasteiger partial charge is 0.273 e. The van der Waals surface area contributed by atoms with Crippen LogP contribution in [0.3, 0.4) is 0 Å². The van der Waals surface area contributed by atoms with Gasteiger partial charge in [-0.05, 0) is 80.5 Å². The number of hydrazine groups is 1. The summed E-state index contributed by atoms with van der Waals surface area (Å²) in [5.41, 5.74) is 5.61. The molecule has 0 aromatic carbocycles. The van der Waals surface area contributed by atoms with E-state index in [4.69, 9.17) is 0 Å². The predicted molar refractivity (Wildman–Crippen MR) is 102 cm³/mol. The van der Waals surface area contributed by atoms with Crippen molar-refractivity contribution < 1.29 is 9.59 Å². The number of nitrogens with one attached hydrogen (secondary N) is 2. The zero-order valence-corrected chi connectivity index (χ0v) is 16.2. The molecule has 0 radical (unpaired) electrons. The van der Waals surface area contributed by atoms with E-state index in [0.717, 1.165) is 36.5 Å². The summed E-state index contributed by atoms with van der Waals surface area (Å²) >= 11 is 0. The Kier molecular flexibility index (Phi) is 5.56. The monoisotopic (exact) mass is 360 g/mol. The first-order valence-electron chi connectivity index (χ1n) is 11.2. The van der Waals surface area contributed by atoms with Gasteiger partial charge in [-0.2, -0.15) is 0 Å². The first kappa shape index (κ1) is 18.3. The van der Waals surface area contributed by atoms with Crippen molar-refractivity contribution in [2.75, 3.05) is 0 Å². The van der Waals surface area contributed by atoms with Crippen LogP contribution in [0.25, 0.3) is 0 Å². The van der Waals surface area contributed by atoms with Gasteiger partial charge in [0.1, 0.15) is 0 Å². The van der Waals surface area contributed by atoms with Gasteiger partial charge in [-0.25, -0.2) is 0 Å². The second kappa shape index (κ2) is 7.90. The summed E-state index contributed by atoms with van der Waals surface area (Å²) in [4.78, 5) is 24.5. The summed E-state index contributed by atoms with van der Waals surface area (Å²) in [6.07, 6.45) is 17.9. The van der Waals surface area contributed by atoms with E-state index in [0.29, 0.717) is 12.8 Å². The molecule has 26 heavy (non-hydrogen) atoms. The molecule has 0 atom stereocenters. The average molecular weight is 361 g/mol. The SMILES string of the molecule is O=C(CCCC1CCCCC1)NNC(=O)CC12CC3CC(CC(C3)C1)C2. The molecule has 0 aromatic rings. The predicted octanol–water partition coefficient (Wildman–Crippen LogP) is 4.49.